The molecule has 0 heterocycles. The molecule has 0 amide bonds. The van der Waals surface area contributed by atoms with E-state index in [0.29, 0.717) is 5.11 Å². The minimum atomic E-state index is 0.176. The predicted molar refractivity (Wildman–Crippen MR) is 99.5 cm³/mol. The largest absolute Gasteiger partial charge is 0.356 e. The van der Waals surface area contributed by atoms with E-state index in [9.17, 15) is 0 Å². The van der Waals surface area contributed by atoms with Gasteiger partial charge < -0.3 is 10.6 Å². The van der Waals surface area contributed by atoms with Crippen LogP contribution in [0.15, 0.2) is 42.5 Å². The fourth-order valence-electron chi connectivity index (χ4n) is 2.58. The third-order valence-corrected chi connectivity index (χ3v) is 4.08. The van der Waals surface area contributed by atoms with Gasteiger partial charge in [0, 0.05) is 5.69 Å². The van der Waals surface area contributed by atoms with Crippen LogP contribution in [0.25, 0.3) is 0 Å². The number of hydrogen-bond donors (Lipinski definition) is 2. The van der Waals surface area contributed by atoms with Crippen LogP contribution in [0.4, 0.5) is 5.69 Å². The molecule has 0 radical (unpaired) electrons. The van der Waals surface area contributed by atoms with Crippen molar-refractivity contribution in [3.05, 3.63) is 64.7 Å². The van der Waals surface area contributed by atoms with E-state index in [1.165, 1.54) is 22.3 Å². The summed E-state index contributed by atoms with van der Waals surface area (Å²) in [4.78, 5) is 0. The molecule has 2 nitrogen and oxygen atoms in total. The summed E-state index contributed by atoms with van der Waals surface area (Å²) in [6.45, 7) is 8.54. The lowest BCUT2D eigenvalue weighted by molar-refractivity contribution is 0.717. The second kappa shape index (κ2) is 7.41. The number of benzene rings is 2. The molecule has 0 aromatic heterocycles. The first kappa shape index (κ1) is 16.5. The van der Waals surface area contributed by atoms with Crippen molar-refractivity contribution in [3.8, 4) is 0 Å². The maximum Gasteiger partial charge on any atom is 0.171 e. The van der Waals surface area contributed by atoms with E-state index >= 15 is 0 Å². The predicted octanol–water partition coefficient (Wildman–Crippen LogP) is 4.91. The zero-order valence-corrected chi connectivity index (χ0v) is 14.6. The van der Waals surface area contributed by atoms with Crippen molar-refractivity contribution in [2.24, 2.45) is 0 Å². The molecule has 0 saturated heterocycles. The van der Waals surface area contributed by atoms with E-state index in [4.69, 9.17) is 12.2 Å². The lowest BCUT2D eigenvalue weighted by Crippen LogP contribution is -2.31. The highest BCUT2D eigenvalue weighted by Gasteiger charge is 2.09. The van der Waals surface area contributed by atoms with Crippen LogP contribution in [-0.4, -0.2) is 5.11 Å². The first-order valence-corrected chi connectivity index (χ1v) is 8.14. The van der Waals surface area contributed by atoms with E-state index in [1.807, 2.05) is 0 Å². The van der Waals surface area contributed by atoms with Gasteiger partial charge in [-0.25, -0.2) is 0 Å². The van der Waals surface area contributed by atoms with Gasteiger partial charge in [0.05, 0.1) is 6.04 Å². The maximum absolute atomic E-state index is 5.42. The zero-order chi connectivity index (χ0) is 16.1. The van der Waals surface area contributed by atoms with Gasteiger partial charge in [-0.1, -0.05) is 42.8 Å². The molecule has 2 N–H and O–H groups in total. The van der Waals surface area contributed by atoms with Gasteiger partial charge in [0.15, 0.2) is 5.11 Å². The van der Waals surface area contributed by atoms with Crippen LogP contribution < -0.4 is 10.6 Å². The molecule has 0 spiro atoms. The zero-order valence-electron chi connectivity index (χ0n) is 13.7. The Hall–Kier alpha value is -1.87. The Labute approximate surface area is 139 Å². The molecule has 0 bridgehead atoms. The standard InChI is InChI=1S/C19H24N2S/c1-5-16-7-9-17(10-8-16)21-19(22)20-15(4)18-11-6-13(2)12-14(18)3/h6-12,15H,5H2,1-4H3,(H2,20,21,22). The van der Waals surface area contributed by atoms with Crippen molar-refractivity contribution in [2.45, 2.75) is 40.2 Å². The summed E-state index contributed by atoms with van der Waals surface area (Å²) in [6, 6.07) is 15.1. The highest BCUT2D eigenvalue weighted by atomic mass is 32.1. The minimum Gasteiger partial charge on any atom is -0.356 e. The molecule has 0 fully saturated rings. The molecule has 0 aliphatic carbocycles. The summed E-state index contributed by atoms with van der Waals surface area (Å²) in [5.74, 6) is 0. The molecule has 1 atom stereocenters. The molecular weight excluding hydrogens is 288 g/mol. The first-order valence-electron chi connectivity index (χ1n) is 7.73. The van der Waals surface area contributed by atoms with Crippen LogP contribution in [-0.2, 0) is 6.42 Å². The Bertz CT molecular complexity index is 647. The summed E-state index contributed by atoms with van der Waals surface area (Å²) in [5, 5.41) is 7.25. The average Bonchev–Trinajstić information content (AvgIpc) is 2.47. The third-order valence-electron chi connectivity index (χ3n) is 3.86. The minimum absolute atomic E-state index is 0.176. The Morgan fingerprint density at radius 1 is 1.09 bits per heavy atom. The van der Waals surface area contributed by atoms with Gasteiger partial charge in [0.2, 0.25) is 0 Å². The smallest absolute Gasteiger partial charge is 0.171 e. The highest BCUT2D eigenvalue weighted by Crippen LogP contribution is 2.19. The third kappa shape index (κ3) is 4.31. The van der Waals surface area contributed by atoms with Crippen LogP contribution in [0.5, 0.6) is 0 Å². The lowest BCUT2D eigenvalue weighted by Gasteiger charge is -2.19. The second-order valence-electron chi connectivity index (χ2n) is 5.73. The van der Waals surface area contributed by atoms with E-state index in [1.54, 1.807) is 0 Å². The van der Waals surface area contributed by atoms with Crippen molar-refractivity contribution in [1.82, 2.24) is 5.32 Å². The summed E-state index contributed by atoms with van der Waals surface area (Å²) in [5.41, 5.74) is 6.19. The Morgan fingerprint density at radius 2 is 1.77 bits per heavy atom. The van der Waals surface area contributed by atoms with E-state index in [0.717, 1.165) is 12.1 Å². The molecule has 2 rings (SSSR count). The topological polar surface area (TPSA) is 24.1 Å². The highest BCUT2D eigenvalue weighted by molar-refractivity contribution is 7.80. The van der Waals surface area contributed by atoms with Crippen LogP contribution in [0, 0.1) is 13.8 Å². The van der Waals surface area contributed by atoms with Gasteiger partial charge in [-0.15, -0.1) is 0 Å². The summed E-state index contributed by atoms with van der Waals surface area (Å²) in [7, 11) is 0. The first-order chi connectivity index (χ1) is 10.5. The van der Waals surface area contributed by atoms with Gasteiger partial charge in [-0.05, 0) is 68.2 Å². The monoisotopic (exact) mass is 312 g/mol. The van der Waals surface area contributed by atoms with Gasteiger partial charge in [0.1, 0.15) is 0 Å². The quantitative estimate of drug-likeness (QED) is 0.784. The number of anilines is 1. The molecule has 2 aromatic carbocycles. The number of aryl methyl sites for hydroxylation is 3. The Balaban J connectivity index is 1.98. The lowest BCUT2D eigenvalue weighted by atomic mass is 10.0. The molecule has 3 heteroatoms. The van der Waals surface area contributed by atoms with Gasteiger partial charge >= 0.3 is 0 Å². The number of thiocarbonyl (C=S) groups is 1. The molecular formula is C19H24N2S. The Morgan fingerprint density at radius 3 is 2.36 bits per heavy atom. The van der Waals surface area contributed by atoms with Crippen molar-refractivity contribution < 1.29 is 0 Å². The molecule has 116 valence electrons. The molecule has 2 aromatic rings. The maximum atomic E-state index is 5.42. The van der Waals surface area contributed by atoms with Crippen LogP contribution in [0.3, 0.4) is 0 Å². The van der Waals surface area contributed by atoms with E-state index in [-0.39, 0.29) is 6.04 Å². The van der Waals surface area contributed by atoms with Crippen molar-refractivity contribution in [3.63, 3.8) is 0 Å². The van der Waals surface area contributed by atoms with Crippen molar-refractivity contribution in [2.75, 3.05) is 5.32 Å². The number of nitrogens with one attached hydrogen (secondary N) is 2. The van der Waals surface area contributed by atoms with Crippen LogP contribution in [0.1, 0.15) is 42.1 Å². The summed E-state index contributed by atoms with van der Waals surface area (Å²) in [6.07, 6.45) is 1.05. The van der Waals surface area contributed by atoms with Crippen molar-refractivity contribution in [1.29, 1.82) is 0 Å². The SMILES string of the molecule is CCc1ccc(NC(=S)NC(C)c2ccc(C)cc2C)cc1. The fraction of sp³-hybridized carbons (Fsp3) is 0.316. The van der Waals surface area contributed by atoms with E-state index < -0.39 is 0 Å². The molecule has 0 aliphatic rings. The number of hydrogen-bond acceptors (Lipinski definition) is 1. The van der Waals surface area contributed by atoms with Gasteiger partial charge in [-0.3, -0.25) is 0 Å². The average molecular weight is 312 g/mol. The summed E-state index contributed by atoms with van der Waals surface area (Å²) >= 11 is 5.42. The molecule has 1 unspecified atom stereocenters. The van der Waals surface area contributed by atoms with Crippen LogP contribution >= 0.6 is 12.2 Å². The fourth-order valence-corrected chi connectivity index (χ4v) is 2.87. The number of rotatable bonds is 4. The summed E-state index contributed by atoms with van der Waals surface area (Å²) < 4.78 is 0. The van der Waals surface area contributed by atoms with Gasteiger partial charge in [0.25, 0.3) is 0 Å². The van der Waals surface area contributed by atoms with Crippen molar-refractivity contribution >= 4 is 23.0 Å². The van der Waals surface area contributed by atoms with E-state index in [2.05, 4.69) is 80.8 Å². The normalized spacial score (nSPS) is 11.8. The molecule has 0 saturated carbocycles. The van der Waals surface area contributed by atoms with Gasteiger partial charge in [-0.2, -0.15) is 0 Å². The molecule has 22 heavy (non-hydrogen) atoms. The second-order valence-corrected chi connectivity index (χ2v) is 6.14. The Kier molecular flexibility index (Phi) is 5.56. The molecule has 0 aliphatic heterocycles. The van der Waals surface area contributed by atoms with Crippen LogP contribution in [0.2, 0.25) is 0 Å².